The van der Waals surface area contributed by atoms with Gasteiger partial charge in [0.25, 0.3) is 0 Å². The van der Waals surface area contributed by atoms with Crippen molar-refractivity contribution >= 4 is 12.0 Å². The van der Waals surface area contributed by atoms with Crippen LogP contribution in [0, 0.1) is 5.41 Å². The van der Waals surface area contributed by atoms with Gasteiger partial charge in [-0.2, -0.15) is 0 Å². The summed E-state index contributed by atoms with van der Waals surface area (Å²) < 4.78 is 15.9. The minimum Gasteiger partial charge on any atom is -0.496 e. The van der Waals surface area contributed by atoms with Gasteiger partial charge in [-0.05, 0) is 37.8 Å². The third-order valence-corrected chi connectivity index (χ3v) is 3.58. The SMILES string of the molecule is COc1cc(OC)c(OC)cc1/C=C/C(=O)NC(C)(C)CC(C)(C)C. The smallest absolute Gasteiger partial charge is 0.244 e. The summed E-state index contributed by atoms with van der Waals surface area (Å²) in [5.41, 5.74) is 0.581. The topological polar surface area (TPSA) is 56.8 Å². The first-order chi connectivity index (χ1) is 11.5. The second kappa shape index (κ2) is 8.28. The van der Waals surface area contributed by atoms with E-state index in [0.717, 1.165) is 12.0 Å². The number of hydrogen-bond donors (Lipinski definition) is 1. The largest absolute Gasteiger partial charge is 0.496 e. The average molecular weight is 349 g/mol. The number of benzene rings is 1. The maximum atomic E-state index is 12.3. The second-order valence-electron chi connectivity index (χ2n) is 7.89. The van der Waals surface area contributed by atoms with Gasteiger partial charge in [-0.3, -0.25) is 4.79 Å². The Hall–Kier alpha value is -2.17. The zero-order valence-electron chi connectivity index (χ0n) is 16.6. The summed E-state index contributed by atoms with van der Waals surface area (Å²) in [7, 11) is 4.71. The molecule has 0 aliphatic carbocycles. The minimum atomic E-state index is -0.290. The Morgan fingerprint density at radius 2 is 1.48 bits per heavy atom. The molecule has 1 N–H and O–H groups in total. The highest BCUT2D eigenvalue weighted by Crippen LogP contribution is 2.35. The lowest BCUT2D eigenvalue weighted by atomic mass is 9.82. The van der Waals surface area contributed by atoms with Crippen LogP contribution < -0.4 is 19.5 Å². The number of amides is 1. The molecule has 5 nitrogen and oxygen atoms in total. The maximum absolute atomic E-state index is 12.3. The van der Waals surface area contributed by atoms with Crippen LogP contribution in [-0.4, -0.2) is 32.8 Å². The van der Waals surface area contributed by atoms with Gasteiger partial charge in [0.2, 0.25) is 5.91 Å². The molecule has 0 atom stereocenters. The molecule has 1 aromatic carbocycles. The summed E-state index contributed by atoms with van der Waals surface area (Å²) in [6.45, 7) is 10.5. The summed E-state index contributed by atoms with van der Waals surface area (Å²) in [4.78, 5) is 12.3. The average Bonchev–Trinajstić information content (AvgIpc) is 2.48. The Bertz CT molecular complexity index is 627. The van der Waals surface area contributed by atoms with E-state index in [1.165, 1.54) is 6.08 Å². The van der Waals surface area contributed by atoms with E-state index in [4.69, 9.17) is 14.2 Å². The molecule has 0 unspecified atom stereocenters. The molecule has 0 fully saturated rings. The van der Waals surface area contributed by atoms with Crippen molar-refractivity contribution in [3.63, 3.8) is 0 Å². The fourth-order valence-corrected chi connectivity index (χ4v) is 3.09. The molecule has 0 spiro atoms. The normalized spacial score (nSPS) is 12.2. The third kappa shape index (κ3) is 6.69. The molecule has 0 aliphatic heterocycles. The molecule has 25 heavy (non-hydrogen) atoms. The predicted octanol–water partition coefficient (Wildman–Crippen LogP) is 4.06. The lowest BCUT2D eigenvalue weighted by Crippen LogP contribution is -2.45. The molecular weight excluding hydrogens is 318 g/mol. The summed E-state index contributed by atoms with van der Waals surface area (Å²) in [6.07, 6.45) is 4.09. The van der Waals surface area contributed by atoms with Crippen LogP contribution in [0.1, 0.15) is 46.6 Å². The molecule has 5 heteroatoms. The van der Waals surface area contributed by atoms with Crippen molar-refractivity contribution in [2.75, 3.05) is 21.3 Å². The highest BCUT2D eigenvalue weighted by Gasteiger charge is 2.26. The van der Waals surface area contributed by atoms with Gasteiger partial charge >= 0.3 is 0 Å². The third-order valence-electron chi connectivity index (χ3n) is 3.58. The lowest BCUT2D eigenvalue weighted by molar-refractivity contribution is -0.118. The standard InChI is InChI=1S/C20H31NO4/c1-19(2,3)13-20(4,5)21-18(22)10-9-14-11-16(24-7)17(25-8)12-15(14)23-6/h9-12H,13H2,1-8H3,(H,21,22)/b10-9+. The highest BCUT2D eigenvalue weighted by molar-refractivity contribution is 5.92. The molecule has 1 aromatic rings. The molecule has 0 bridgehead atoms. The van der Waals surface area contributed by atoms with E-state index in [9.17, 15) is 4.79 Å². The van der Waals surface area contributed by atoms with E-state index in [-0.39, 0.29) is 16.9 Å². The van der Waals surface area contributed by atoms with Crippen LogP contribution in [0.25, 0.3) is 6.08 Å². The fourth-order valence-electron chi connectivity index (χ4n) is 3.09. The Morgan fingerprint density at radius 1 is 0.960 bits per heavy atom. The van der Waals surface area contributed by atoms with Gasteiger partial charge in [0, 0.05) is 23.2 Å². The molecule has 140 valence electrons. The lowest BCUT2D eigenvalue weighted by Gasteiger charge is -2.32. The molecule has 1 amide bonds. The van der Waals surface area contributed by atoms with Crippen LogP contribution in [-0.2, 0) is 4.79 Å². The van der Waals surface area contributed by atoms with E-state index >= 15 is 0 Å². The number of rotatable bonds is 7. The molecule has 0 heterocycles. The second-order valence-corrected chi connectivity index (χ2v) is 7.89. The maximum Gasteiger partial charge on any atom is 0.244 e. The molecule has 0 saturated heterocycles. The van der Waals surface area contributed by atoms with E-state index < -0.39 is 0 Å². The first-order valence-electron chi connectivity index (χ1n) is 8.31. The van der Waals surface area contributed by atoms with E-state index in [1.54, 1.807) is 39.5 Å². The quantitative estimate of drug-likeness (QED) is 0.754. The van der Waals surface area contributed by atoms with Crippen molar-refractivity contribution in [1.29, 1.82) is 0 Å². The van der Waals surface area contributed by atoms with Gasteiger partial charge in [0.1, 0.15) is 5.75 Å². The number of ether oxygens (including phenoxy) is 3. The summed E-state index contributed by atoms with van der Waals surface area (Å²) >= 11 is 0. The summed E-state index contributed by atoms with van der Waals surface area (Å²) in [6, 6.07) is 3.52. The number of methoxy groups -OCH3 is 3. The van der Waals surface area contributed by atoms with Crippen LogP contribution in [0.15, 0.2) is 18.2 Å². The van der Waals surface area contributed by atoms with E-state index in [2.05, 4.69) is 26.1 Å². The van der Waals surface area contributed by atoms with Crippen LogP contribution >= 0.6 is 0 Å². The van der Waals surface area contributed by atoms with E-state index in [0.29, 0.717) is 17.2 Å². The number of carbonyl (C=O) groups is 1. The molecule has 0 aliphatic rings. The highest BCUT2D eigenvalue weighted by atomic mass is 16.5. The first-order valence-corrected chi connectivity index (χ1v) is 8.31. The van der Waals surface area contributed by atoms with Crippen LogP contribution in [0.5, 0.6) is 17.2 Å². The van der Waals surface area contributed by atoms with Gasteiger partial charge < -0.3 is 19.5 Å². The Kier molecular flexibility index (Phi) is 6.91. The molecular formula is C20H31NO4. The van der Waals surface area contributed by atoms with Crippen molar-refractivity contribution in [3.05, 3.63) is 23.8 Å². The zero-order valence-corrected chi connectivity index (χ0v) is 16.6. The fraction of sp³-hybridized carbons (Fsp3) is 0.550. The van der Waals surface area contributed by atoms with Gasteiger partial charge in [-0.15, -0.1) is 0 Å². The zero-order chi connectivity index (χ0) is 19.3. The van der Waals surface area contributed by atoms with Gasteiger partial charge in [-0.1, -0.05) is 20.8 Å². The monoisotopic (exact) mass is 349 g/mol. The molecule has 0 radical (unpaired) electrons. The van der Waals surface area contributed by atoms with Crippen molar-refractivity contribution in [3.8, 4) is 17.2 Å². The van der Waals surface area contributed by atoms with Gasteiger partial charge in [-0.25, -0.2) is 0 Å². The Balaban J connectivity index is 2.95. The van der Waals surface area contributed by atoms with Crippen molar-refractivity contribution < 1.29 is 19.0 Å². The van der Waals surface area contributed by atoms with Crippen molar-refractivity contribution in [1.82, 2.24) is 5.32 Å². The van der Waals surface area contributed by atoms with Crippen LogP contribution in [0.4, 0.5) is 0 Å². The molecule has 0 saturated carbocycles. The first kappa shape index (κ1) is 20.9. The molecule has 1 rings (SSSR count). The Labute approximate surface area is 151 Å². The number of hydrogen-bond acceptors (Lipinski definition) is 4. The number of nitrogens with one attached hydrogen (secondary N) is 1. The Morgan fingerprint density at radius 3 is 1.96 bits per heavy atom. The minimum absolute atomic E-state index is 0.132. The predicted molar refractivity (Wildman–Crippen MR) is 101 cm³/mol. The van der Waals surface area contributed by atoms with Gasteiger partial charge in [0.15, 0.2) is 11.5 Å². The van der Waals surface area contributed by atoms with Crippen molar-refractivity contribution in [2.45, 2.75) is 46.6 Å². The van der Waals surface area contributed by atoms with Crippen LogP contribution in [0.2, 0.25) is 0 Å². The number of carbonyl (C=O) groups excluding carboxylic acids is 1. The molecule has 0 aromatic heterocycles. The van der Waals surface area contributed by atoms with E-state index in [1.807, 2.05) is 13.8 Å². The summed E-state index contributed by atoms with van der Waals surface area (Å²) in [5, 5.41) is 3.05. The van der Waals surface area contributed by atoms with Crippen LogP contribution in [0.3, 0.4) is 0 Å². The summed E-state index contributed by atoms with van der Waals surface area (Å²) in [5.74, 6) is 1.62. The van der Waals surface area contributed by atoms with Gasteiger partial charge in [0.05, 0.1) is 21.3 Å². The van der Waals surface area contributed by atoms with Crippen molar-refractivity contribution in [2.24, 2.45) is 5.41 Å².